The topological polar surface area (TPSA) is 129 Å². The van der Waals surface area contributed by atoms with Gasteiger partial charge in [-0.3, -0.25) is 4.79 Å². The van der Waals surface area contributed by atoms with Crippen molar-refractivity contribution in [3.63, 3.8) is 0 Å². The number of unbranched alkanes of at least 4 members (excludes halogenated alkanes) is 1. The summed E-state index contributed by atoms with van der Waals surface area (Å²) in [5.41, 5.74) is 6.71. The van der Waals surface area contributed by atoms with Crippen molar-refractivity contribution < 1.29 is 24.2 Å². The van der Waals surface area contributed by atoms with Gasteiger partial charge in [0.2, 0.25) is 5.91 Å². The van der Waals surface area contributed by atoms with Crippen LogP contribution in [0.1, 0.15) is 41.9 Å². The molecular formula is C35H34N4O5. The molecule has 0 heterocycles. The van der Waals surface area contributed by atoms with E-state index in [1.54, 1.807) is 0 Å². The first-order valence-corrected chi connectivity index (χ1v) is 14.6. The van der Waals surface area contributed by atoms with E-state index in [0.29, 0.717) is 25.1 Å². The summed E-state index contributed by atoms with van der Waals surface area (Å²) in [6, 6.07) is 31.7. The van der Waals surface area contributed by atoms with E-state index in [0.717, 1.165) is 33.5 Å². The van der Waals surface area contributed by atoms with Gasteiger partial charge in [0.1, 0.15) is 12.6 Å². The Bertz CT molecular complexity index is 1580. The van der Waals surface area contributed by atoms with Crippen molar-refractivity contribution in [2.45, 2.75) is 37.6 Å². The highest BCUT2D eigenvalue weighted by molar-refractivity contribution is 5.81. The lowest BCUT2D eigenvalue weighted by molar-refractivity contribution is -0.139. The summed E-state index contributed by atoms with van der Waals surface area (Å²) >= 11 is 0. The van der Waals surface area contributed by atoms with E-state index in [2.05, 4.69) is 33.0 Å². The number of amides is 2. The Morgan fingerprint density at radius 2 is 1.34 bits per heavy atom. The molecule has 1 atom stereocenters. The number of carboxylic acids is 1. The summed E-state index contributed by atoms with van der Waals surface area (Å²) < 4.78 is 5.50. The third-order valence-corrected chi connectivity index (χ3v) is 7.51. The van der Waals surface area contributed by atoms with Crippen LogP contribution in [0.3, 0.4) is 0 Å². The third kappa shape index (κ3) is 7.95. The molecule has 0 saturated carbocycles. The van der Waals surface area contributed by atoms with Crippen molar-refractivity contribution in [2.75, 3.05) is 13.2 Å². The number of carbonyl (C=O) groups excluding carboxylic acids is 2. The highest BCUT2D eigenvalue weighted by Gasteiger charge is 2.29. The van der Waals surface area contributed by atoms with Gasteiger partial charge in [-0.25, -0.2) is 9.59 Å². The fraction of sp³-hybridized carbons (Fsp3) is 0.229. The van der Waals surface area contributed by atoms with Crippen molar-refractivity contribution in [1.29, 1.82) is 0 Å². The maximum absolute atomic E-state index is 12.5. The number of carboxylic acid groups (broad SMARTS) is 1. The Kier molecular flexibility index (Phi) is 10.1. The van der Waals surface area contributed by atoms with Gasteiger partial charge in [-0.2, -0.15) is 10.2 Å². The minimum absolute atomic E-state index is 0.108. The predicted octanol–water partition coefficient (Wildman–Crippen LogP) is 6.92. The first kappa shape index (κ1) is 30.2. The van der Waals surface area contributed by atoms with Crippen LogP contribution in [0.15, 0.2) is 113 Å². The van der Waals surface area contributed by atoms with Crippen LogP contribution in [0, 0.1) is 0 Å². The predicted molar refractivity (Wildman–Crippen MR) is 167 cm³/mol. The molecular weight excluding hydrogens is 556 g/mol. The summed E-state index contributed by atoms with van der Waals surface area (Å²) in [6.45, 7) is 0.512. The molecule has 224 valence electrons. The number of nitrogens with zero attached hydrogens (tertiary/aromatic N) is 2. The molecule has 4 aromatic carbocycles. The van der Waals surface area contributed by atoms with Gasteiger partial charge in [0.05, 0.1) is 17.8 Å². The summed E-state index contributed by atoms with van der Waals surface area (Å²) in [7, 11) is 0. The van der Waals surface area contributed by atoms with Crippen molar-refractivity contribution in [2.24, 2.45) is 10.2 Å². The molecule has 4 aromatic rings. The molecule has 1 aliphatic rings. The molecule has 1 aliphatic carbocycles. The molecule has 0 bridgehead atoms. The molecule has 3 N–H and O–H groups in total. The molecule has 0 aliphatic heterocycles. The Hall–Kier alpha value is -5.31. The lowest BCUT2D eigenvalue weighted by atomic mass is 9.98. The smallest absolute Gasteiger partial charge is 0.407 e. The van der Waals surface area contributed by atoms with Gasteiger partial charge in [-0.15, -0.1) is 0 Å². The molecule has 9 nitrogen and oxygen atoms in total. The summed E-state index contributed by atoms with van der Waals surface area (Å²) in [4.78, 5) is 36.7. The van der Waals surface area contributed by atoms with Crippen LogP contribution in [0.5, 0.6) is 0 Å². The Labute approximate surface area is 256 Å². The first-order chi connectivity index (χ1) is 21.5. The summed E-state index contributed by atoms with van der Waals surface area (Å²) in [6.07, 6.45) is 0.744. The minimum atomic E-state index is -1.13. The van der Waals surface area contributed by atoms with E-state index in [9.17, 15) is 19.5 Å². The van der Waals surface area contributed by atoms with Crippen LogP contribution < -0.4 is 10.6 Å². The van der Waals surface area contributed by atoms with Gasteiger partial charge >= 0.3 is 12.1 Å². The van der Waals surface area contributed by atoms with Crippen LogP contribution in [0.4, 0.5) is 16.2 Å². The molecule has 9 heteroatoms. The molecule has 2 amide bonds. The van der Waals surface area contributed by atoms with Crippen molar-refractivity contribution >= 4 is 29.3 Å². The molecule has 0 spiro atoms. The van der Waals surface area contributed by atoms with Crippen molar-refractivity contribution in [1.82, 2.24) is 10.6 Å². The normalized spacial score (nSPS) is 12.7. The largest absolute Gasteiger partial charge is 0.480 e. The van der Waals surface area contributed by atoms with E-state index >= 15 is 0 Å². The number of aliphatic carboxylic acids is 1. The van der Waals surface area contributed by atoms with Crippen molar-refractivity contribution in [3.8, 4) is 11.1 Å². The molecule has 0 unspecified atom stereocenters. The SMILES string of the molecule is O=C(Cc1ccc(N=Nc2ccccc2)cc1)NCCCC[C@H](NC(=O)OCC1c2ccccc2-c2ccccc21)C(=O)O. The molecule has 0 fully saturated rings. The second-order valence-corrected chi connectivity index (χ2v) is 10.6. The standard InChI is InChI=1S/C35H34N4O5/c40-33(22-24-17-19-26(20-18-24)39-38-25-10-2-1-3-11-25)36-21-9-8-16-32(34(41)42)37-35(43)44-23-31-29-14-6-4-12-27(29)28-13-5-7-15-30(28)31/h1-7,10-15,17-20,31-32H,8-9,16,21-23H2,(H,36,40)(H,37,43)(H,41,42)/t32-/m0/s1. The summed E-state index contributed by atoms with van der Waals surface area (Å²) in [5, 5.41) is 23.4. The Balaban J connectivity index is 1.01. The quantitative estimate of drug-likeness (QED) is 0.115. The molecule has 0 saturated heterocycles. The number of alkyl carbamates (subject to hydrolysis) is 1. The number of rotatable bonds is 13. The van der Waals surface area contributed by atoms with E-state index in [-0.39, 0.29) is 31.3 Å². The molecule has 0 radical (unpaired) electrons. The second kappa shape index (κ2) is 14.7. The number of azo groups is 1. The minimum Gasteiger partial charge on any atom is -0.480 e. The van der Waals surface area contributed by atoms with Gasteiger partial charge in [0.15, 0.2) is 0 Å². The number of nitrogens with one attached hydrogen (secondary N) is 2. The number of ether oxygens (including phenoxy) is 1. The monoisotopic (exact) mass is 590 g/mol. The lowest BCUT2D eigenvalue weighted by Gasteiger charge is -2.17. The van der Waals surface area contributed by atoms with E-state index in [1.165, 1.54) is 0 Å². The van der Waals surface area contributed by atoms with E-state index in [1.807, 2.05) is 91.0 Å². The highest BCUT2D eigenvalue weighted by Crippen LogP contribution is 2.44. The van der Waals surface area contributed by atoms with Gasteiger partial charge in [-0.1, -0.05) is 78.9 Å². The van der Waals surface area contributed by atoms with Gasteiger partial charge < -0.3 is 20.5 Å². The maximum atomic E-state index is 12.5. The zero-order valence-electron chi connectivity index (χ0n) is 24.2. The second-order valence-electron chi connectivity index (χ2n) is 10.6. The van der Waals surface area contributed by atoms with Crippen molar-refractivity contribution in [3.05, 3.63) is 120 Å². The first-order valence-electron chi connectivity index (χ1n) is 14.6. The number of fused-ring (bicyclic) bond motifs is 3. The van der Waals surface area contributed by atoms with Crippen LogP contribution in [0.2, 0.25) is 0 Å². The Morgan fingerprint density at radius 1 is 0.750 bits per heavy atom. The lowest BCUT2D eigenvalue weighted by Crippen LogP contribution is -2.41. The average molecular weight is 591 g/mol. The van der Waals surface area contributed by atoms with Crippen LogP contribution in [-0.2, 0) is 20.7 Å². The fourth-order valence-corrected chi connectivity index (χ4v) is 5.28. The molecule has 5 rings (SSSR count). The highest BCUT2D eigenvalue weighted by atomic mass is 16.5. The summed E-state index contributed by atoms with van der Waals surface area (Å²) in [5.74, 6) is -1.37. The average Bonchev–Trinajstić information content (AvgIpc) is 3.36. The number of carbonyl (C=O) groups is 3. The third-order valence-electron chi connectivity index (χ3n) is 7.51. The number of hydrogen-bond acceptors (Lipinski definition) is 6. The zero-order valence-corrected chi connectivity index (χ0v) is 24.2. The number of hydrogen-bond donors (Lipinski definition) is 3. The Morgan fingerprint density at radius 3 is 1.98 bits per heavy atom. The van der Waals surface area contributed by atoms with Crippen LogP contribution >= 0.6 is 0 Å². The fourth-order valence-electron chi connectivity index (χ4n) is 5.28. The van der Waals surface area contributed by atoms with E-state index in [4.69, 9.17) is 4.74 Å². The molecule has 0 aromatic heterocycles. The van der Waals surface area contributed by atoms with Gasteiger partial charge in [0, 0.05) is 12.5 Å². The zero-order chi connectivity index (χ0) is 30.7. The number of benzene rings is 4. The molecule has 44 heavy (non-hydrogen) atoms. The van der Waals surface area contributed by atoms with Gasteiger partial charge in [0.25, 0.3) is 0 Å². The van der Waals surface area contributed by atoms with E-state index < -0.39 is 18.1 Å². The van der Waals surface area contributed by atoms with Crippen LogP contribution in [-0.4, -0.2) is 42.3 Å². The maximum Gasteiger partial charge on any atom is 0.407 e. The van der Waals surface area contributed by atoms with Crippen LogP contribution in [0.25, 0.3) is 11.1 Å². The van der Waals surface area contributed by atoms with Gasteiger partial charge in [-0.05, 0) is 71.3 Å².